The number of hydrogen-bond donors (Lipinski definition) is 1. The van der Waals surface area contributed by atoms with E-state index in [9.17, 15) is 0 Å². The third-order valence-corrected chi connectivity index (χ3v) is 6.76. The first kappa shape index (κ1) is 20.8. The Hall–Kier alpha value is -2.83. The number of imidazole rings is 1. The van der Waals surface area contributed by atoms with E-state index in [0.717, 1.165) is 42.5 Å². The van der Waals surface area contributed by atoms with Crippen LogP contribution in [0.2, 0.25) is 0 Å². The van der Waals surface area contributed by atoms with E-state index in [2.05, 4.69) is 26.8 Å². The Balaban J connectivity index is 1.38. The largest absolute Gasteiger partial charge is 0.341 e. The summed E-state index contributed by atoms with van der Waals surface area (Å²) in [7, 11) is 0. The van der Waals surface area contributed by atoms with Crippen molar-refractivity contribution in [1.82, 2.24) is 19.5 Å². The van der Waals surface area contributed by atoms with Crippen LogP contribution in [0.5, 0.6) is 0 Å². The zero-order valence-electron chi connectivity index (χ0n) is 18.8. The van der Waals surface area contributed by atoms with Gasteiger partial charge < -0.3 is 19.9 Å². The molecule has 0 amide bonds. The maximum Gasteiger partial charge on any atom is 0.167 e. The molecular weight excluding hydrogens is 418 g/mol. The summed E-state index contributed by atoms with van der Waals surface area (Å²) in [6.45, 7) is 3.82. The quantitative estimate of drug-likeness (QED) is 0.606. The number of fused-ring (bicyclic) bond motifs is 2. The van der Waals surface area contributed by atoms with Gasteiger partial charge in [0.2, 0.25) is 0 Å². The summed E-state index contributed by atoms with van der Waals surface area (Å²) in [4.78, 5) is 13.7. The molecule has 0 unspecified atom stereocenters. The Morgan fingerprint density at radius 2 is 1.79 bits per heavy atom. The fraction of sp³-hybridized carbons (Fsp3) is 0.480. The Kier molecular flexibility index (Phi) is 4.78. The van der Waals surface area contributed by atoms with Crippen LogP contribution in [0.4, 0.5) is 0 Å². The molecule has 1 aromatic carbocycles. The highest BCUT2D eigenvalue weighted by atomic mass is 16.8. The number of rotatable bonds is 2. The average molecular weight is 446 g/mol. The molecule has 3 aromatic rings. The number of nitrogens with two attached hydrogens (primary N) is 1. The Morgan fingerprint density at radius 3 is 2.58 bits per heavy atom. The summed E-state index contributed by atoms with van der Waals surface area (Å²) in [5.41, 5.74) is 9.39. The minimum Gasteiger partial charge on any atom is -0.341 e. The summed E-state index contributed by atoms with van der Waals surface area (Å²) >= 11 is 0. The second kappa shape index (κ2) is 7.61. The third kappa shape index (κ3) is 3.52. The topological polar surface area (TPSA) is 97.3 Å². The van der Waals surface area contributed by atoms with Crippen molar-refractivity contribution in [2.45, 2.75) is 75.4 Å². The van der Waals surface area contributed by atoms with E-state index in [0.29, 0.717) is 5.65 Å². The zero-order valence-corrected chi connectivity index (χ0v) is 18.8. The van der Waals surface area contributed by atoms with Crippen LogP contribution in [0.15, 0.2) is 43.0 Å². The lowest BCUT2D eigenvalue weighted by atomic mass is 9.94. The predicted octanol–water partition coefficient (Wildman–Crippen LogP) is 3.02. The zero-order chi connectivity index (χ0) is 22.6. The number of benzene rings is 1. The molecule has 33 heavy (non-hydrogen) atoms. The van der Waals surface area contributed by atoms with E-state index >= 15 is 0 Å². The Morgan fingerprint density at radius 1 is 1.03 bits per heavy atom. The first-order valence-corrected chi connectivity index (χ1v) is 11.5. The number of nitrogens with zero attached hydrogens (tertiary/aromatic N) is 4. The summed E-state index contributed by atoms with van der Waals surface area (Å²) in [6.07, 6.45) is 5.72. The lowest BCUT2D eigenvalue weighted by Gasteiger charge is -2.24. The standard InChI is InChI=1S/C25H27N5O3/c1-24(2)32-19-17(11-10-16-8-4-3-5-9-16)31-23(20(19)33-24)30-15-29-18-21(27-14-28-22(18)30)25(26)12-6-7-13-25/h3-5,8-9,14-15,17,19-20,23H,6-7,12-13,26H2,1-2H3/t17-,19-,20-,23-/m1/s1. The van der Waals surface area contributed by atoms with E-state index in [1.165, 1.54) is 0 Å². The minimum absolute atomic E-state index is 0.323. The van der Waals surface area contributed by atoms with Crippen molar-refractivity contribution < 1.29 is 14.2 Å². The maximum atomic E-state index is 6.71. The number of ether oxygens (including phenoxy) is 3. The van der Waals surface area contributed by atoms with Gasteiger partial charge in [0.25, 0.3) is 0 Å². The van der Waals surface area contributed by atoms with Gasteiger partial charge in [-0.05, 0) is 38.8 Å². The molecule has 6 rings (SSSR count). The van der Waals surface area contributed by atoms with Crippen LogP contribution < -0.4 is 5.73 Å². The van der Waals surface area contributed by atoms with Gasteiger partial charge in [-0.15, -0.1) is 0 Å². The molecule has 3 aliphatic rings. The Labute approximate surface area is 192 Å². The van der Waals surface area contributed by atoms with Crippen molar-refractivity contribution in [2.75, 3.05) is 0 Å². The fourth-order valence-electron chi connectivity index (χ4n) is 5.24. The van der Waals surface area contributed by atoms with Crippen LogP contribution >= 0.6 is 0 Å². The first-order chi connectivity index (χ1) is 15.9. The predicted molar refractivity (Wildman–Crippen MR) is 121 cm³/mol. The second-order valence-corrected chi connectivity index (χ2v) is 9.56. The third-order valence-electron chi connectivity index (χ3n) is 6.76. The smallest absolute Gasteiger partial charge is 0.167 e. The van der Waals surface area contributed by atoms with Crippen molar-refractivity contribution in [3.05, 3.63) is 54.2 Å². The van der Waals surface area contributed by atoms with Crippen molar-refractivity contribution in [3.8, 4) is 11.8 Å². The molecule has 3 fully saturated rings. The van der Waals surface area contributed by atoms with Crippen molar-refractivity contribution in [3.63, 3.8) is 0 Å². The van der Waals surface area contributed by atoms with Crippen LogP contribution in [0.1, 0.15) is 57.0 Å². The summed E-state index contributed by atoms with van der Waals surface area (Å²) in [5, 5.41) is 0. The van der Waals surface area contributed by atoms with Gasteiger partial charge in [0.1, 0.15) is 30.2 Å². The van der Waals surface area contributed by atoms with E-state index in [-0.39, 0.29) is 12.2 Å². The van der Waals surface area contributed by atoms with E-state index in [4.69, 9.17) is 19.9 Å². The molecule has 1 saturated carbocycles. The highest BCUT2D eigenvalue weighted by Gasteiger charge is 2.56. The minimum atomic E-state index is -0.730. The molecule has 2 aromatic heterocycles. The molecule has 4 atom stereocenters. The van der Waals surface area contributed by atoms with Gasteiger partial charge >= 0.3 is 0 Å². The van der Waals surface area contributed by atoms with Gasteiger partial charge in [-0.2, -0.15) is 0 Å². The Bertz CT molecular complexity index is 1240. The molecule has 0 spiro atoms. The number of hydrogen-bond acceptors (Lipinski definition) is 7. The first-order valence-electron chi connectivity index (χ1n) is 11.5. The summed E-state index contributed by atoms with van der Waals surface area (Å²) in [6, 6.07) is 9.84. The van der Waals surface area contributed by atoms with E-state index < -0.39 is 23.7 Å². The molecule has 2 saturated heterocycles. The molecule has 2 N–H and O–H groups in total. The molecule has 170 valence electrons. The molecule has 2 aliphatic heterocycles. The van der Waals surface area contributed by atoms with Gasteiger partial charge in [-0.1, -0.05) is 42.9 Å². The monoisotopic (exact) mass is 445 g/mol. The summed E-state index contributed by atoms with van der Waals surface area (Å²) in [5.74, 6) is 5.72. The van der Waals surface area contributed by atoms with E-state index in [1.807, 2.05) is 48.7 Å². The SMILES string of the molecule is CC1(C)O[C@@H]2[C@H](O1)[C@@H](C#Cc1ccccc1)O[C@H]2n1cnc2c(C3(N)CCCC3)ncnc21. The van der Waals surface area contributed by atoms with Crippen molar-refractivity contribution in [1.29, 1.82) is 0 Å². The van der Waals surface area contributed by atoms with Crippen molar-refractivity contribution in [2.24, 2.45) is 5.73 Å². The van der Waals surface area contributed by atoms with E-state index in [1.54, 1.807) is 12.7 Å². The van der Waals surface area contributed by atoms with Crippen molar-refractivity contribution >= 4 is 11.2 Å². The lowest BCUT2D eigenvalue weighted by Crippen LogP contribution is -2.34. The average Bonchev–Trinajstić information content (AvgIpc) is 3.56. The molecule has 8 nitrogen and oxygen atoms in total. The van der Waals surface area contributed by atoms with Gasteiger partial charge in [-0.25, -0.2) is 15.0 Å². The molecule has 0 bridgehead atoms. The van der Waals surface area contributed by atoms with Crippen LogP contribution in [0.3, 0.4) is 0 Å². The maximum absolute atomic E-state index is 6.71. The van der Waals surface area contributed by atoms with Gasteiger partial charge in [0.05, 0.1) is 17.6 Å². The van der Waals surface area contributed by atoms with Gasteiger partial charge in [0.15, 0.2) is 17.7 Å². The normalized spacial score (nSPS) is 29.7. The highest BCUT2D eigenvalue weighted by molar-refractivity contribution is 5.74. The van der Waals surface area contributed by atoms with Crippen LogP contribution in [-0.4, -0.2) is 43.6 Å². The van der Waals surface area contributed by atoms with Crippen LogP contribution in [0, 0.1) is 11.8 Å². The number of aromatic nitrogens is 4. The lowest BCUT2D eigenvalue weighted by molar-refractivity contribution is -0.190. The second-order valence-electron chi connectivity index (χ2n) is 9.56. The summed E-state index contributed by atoms with van der Waals surface area (Å²) < 4.78 is 20.8. The van der Waals surface area contributed by atoms with Gasteiger partial charge in [-0.3, -0.25) is 4.57 Å². The van der Waals surface area contributed by atoms with Crippen LogP contribution in [-0.2, 0) is 19.7 Å². The molecule has 8 heteroatoms. The fourth-order valence-corrected chi connectivity index (χ4v) is 5.24. The van der Waals surface area contributed by atoms with Gasteiger partial charge in [0, 0.05) is 5.56 Å². The molecular formula is C25H27N5O3. The molecule has 0 radical (unpaired) electrons. The molecule has 4 heterocycles. The van der Waals surface area contributed by atoms with Crippen LogP contribution in [0.25, 0.3) is 11.2 Å². The highest BCUT2D eigenvalue weighted by Crippen LogP contribution is 2.44. The molecule has 1 aliphatic carbocycles.